The Hall–Kier alpha value is -2.14. The van der Waals surface area contributed by atoms with Crippen molar-refractivity contribution in [3.63, 3.8) is 0 Å². The molecular weight excluding hydrogens is 284 g/mol. The monoisotopic (exact) mass is 300 g/mol. The van der Waals surface area contributed by atoms with Crippen molar-refractivity contribution in [2.45, 2.75) is 25.7 Å². The maximum absolute atomic E-state index is 12.1. The Kier molecular flexibility index (Phi) is 3.75. The molecule has 0 fully saturated rings. The van der Waals surface area contributed by atoms with Gasteiger partial charge in [-0.2, -0.15) is 0 Å². The van der Waals surface area contributed by atoms with Crippen LogP contribution in [0.5, 0.6) is 0 Å². The Bertz CT molecular complexity index is 692. The molecule has 0 saturated heterocycles. The van der Waals surface area contributed by atoms with Gasteiger partial charge in [-0.1, -0.05) is 30.3 Å². The van der Waals surface area contributed by atoms with Gasteiger partial charge in [-0.3, -0.25) is 9.59 Å². The van der Waals surface area contributed by atoms with Crippen LogP contribution in [0.25, 0.3) is 0 Å². The number of fused-ring (bicyclic) bond motifs is 1. The highest BCUT2D eigenvalue weighted by molar-refractivity contribution is 7.17. The van der Waals surface area contributed by atoms with Crippen molar-refractivity contribution in [1.82, 2.24) is 0 Å². The molecule has 3 N–H and O–H groups in total. The van der Waals surface area contributed by atoms with E-state index >= 15 is 0 Å². The van der Waals surface area contributed by atoms with Gasteiger partial charge in [0.1, 0.15) is 5.00 Å². The molecule has 1 aliphatic rings. The summed E-state index contributed by atoms with van der Waals surface area (Å²) in [7, 11) is 0. The van der Waals surface area contributed by atoms with Gasteiger partial charge in [0.15, 0.2) is 0 Å². The summed E-state index contributed by atoms with van der Waals surface area (Å²) in [5, 5.41) is 3.45. The number of thiophene rings is 1. The number of carbonyl (C=O) groups is 2. The highest BCUT2D eigenvalue weighted by atomic mass is 32.1. The van der Waals surface area contributed by atoms with E-state index in [1.54, 1.807) is 0 Å². The maximum Gasteiger partial charge on any atom is 0.251 e. The Morgan fingerprint density at radius 3 is 2.67 bits per heavy atom. The average Bonchev–Trinajstić information content (AvgIpc) is 2.99. The third-order valence-corrected chi connectivity index (χ3v) is 4.84. The van der Waals surface area contributed by atoms with Crippen LogP contribution in [0.15, 0.2) is 30.3 Å². The summed E-state index contributed by atoms with van der Waals surface area (Å²) < 4.78 is 0. The third-order valence-electron chi connectivity index (χ3n) is 3.63. The number of benzene rings is 1. The summed E-state index contributed by atoms with van der Waals surface area (Å²) in [6, 6.07) is 9.52. The fourth-order valence-electron chi connectivity index (χ4n) is 2.71. The van der Waals surface area contributed by atoms with Gasteiger partial charge in [-0.05, 0) is 30.4 Å². The molecule has 2 amide bonds. The summed E-state index contributed by atoms with van der Waals surface area (Å²) in [6.07, 6.45) is 3.19. The molecule has 21 heavy (non-hydrogen) atoms. The minimum absolute atomic E-state index is 0.122. The molecule has 4 nitrogen and oxygen atoms in total. The van der Waals surface area contributed by atoms with E-state index in [0.717, 1.165) is 30.4 Å². The van der Waals surface area contributed by atoms with Gasteiger partial charge in [-0.15, -0.1) is 11.3 Å². The van der Waals surface area contributed by atoms with E-state index in [9.17, 15) is 9.59 Å². The number of anilines is 1. The van der Waals surface area contributed by atoms with E-state index in [-0.39, 0.29) is 5.91 Å². The number of nitrogens with two attached hydrogens (primary N) is 1. The van der Waals surface area contributed by atoms with Gasteiger partial charge >= 0.3 is 0 Å². The second-order valence-electron chi connectivity index (χ2n) is 5.14. The molecule has 5 heteroatoms. The van der Waals surface area contributed by atoms with Crippen LogP contribution in [0, 0.1) is 0 Å². The summed E-state index contributed by atoms with van der Waals surface area (Å²) in [5.41, 5.74) is 7.96. The van der Waals surface area contributed by atoms with Crippen molar-refractivity contribution in [2.24, 2.45) is 5.73 Å². The third kappa shape index (κ3) is 2.83. The molecule has 0 aliphatic heterocycles. The second-order valence-corrected chi connectivity index (χ2v) is 6.24. The number of carbonyl (C=O) groups excluding carboxylic acids is 2. The molecule has 108 valence electrons. The van der Waals surface area contributed by atoms with E-state index in [4.69, 9.17) is 5.73 Å². The number of amides is 2. The summed E-state index contributed by atoms with van der Waals surface area (Å²) in [6.45, 7) is 0. The summed E-state index contributed by atoms with van der Waals surface area (Å²) >= 11 is 1.48. The van der Waals surface area contributed by atoms with Gasteiger partial charge in [-0.25, -0.2) is 0 Å². The lowest BCUT2D eigenvalue weighted by atomic mass is 10.1. The van der Waals surface area contributed by atoms with Gasteiger partial charge < -0.3 is 11.1 Å². The van der Waals surface area contributed by atoms with Crippen LogP contribution in [-0.4, -0.2) is 11.8 Å². The predicted octanol–water partition coefficient (Wildman–Crippen LogP) is 2.52. The van der Waals surface area contributed by atoms with E-state index in [1.165, 1.54) is 16.2 Å². The van der Waals surface area contributed by atoms with E-state index in [2.05, 4.69) is 5.32 Å². The average molecular weight is 300 g/mol. The Balaban J connectivity index is 1.79. The topological polar surface area (TPSA) is 72.2 Å². The quantitative estimate of drug-likeness (QED) is 0.910. The van der Waals surface area contributed by atoms with Gasteiger partial charge in [0.05, 0.1) is 12.0 Å². The first-order valence-corrected chi connectivity index (χ1v) is 7.75. The minimum Gasteiger partial charge on any atom is -0.365 e. The molecule has 0 radical (unpaired) electrons. The second kappa shape index (κ2) is 5.69. The van der Waals surface area contributed by atoms with Crippen molar-refractivity contribution in [3.8, 4) is 0 Å². The molecule has 3 rings (SSSR count). The molecule has 0 atom stereocenters. The molecule has 2 aromatic rings. The molecule has 1 aliphatic carbocycles. The van der Waals surface area contributed by atoms with Crippen molar-refractivity contribution in [2.75, 3.05) is 5.32 Å². The summed E-state index contributed by atoms with van der Waals surface area (Å²) in [4.78, 5) is 25.0. The standard InChI is InChI=1S/C16H16N2O2S/c17-15(20)14-11-7-4-8-12(11)21-16(14)18-13(19)9-10-5-2-1-3-6-10/h1-3,5-6H,4,7-9H2,(H2,17,20)(H,18,19). The zero-order chi connectivity index (χ0) is 14.8. The van der Waals surface area contributed by atoms with E-state index in [0.29, 0.717) is 17.0 Å². The zero-order valence-electron chi connectivity index (χ0n) is 11.5. The minimum atomic E-state index is -0.454. The number of aryl methyl sites for hydroxylation is 1. The highest BCUT2D eigenvalue weighted by Crippen LogP contribution is 2.38. The van der Waals surface area contributed by atoms with Gasteiger partial charge in [0.25, 0.3) is 5.91 Å². The first kappa shape index (κ1) is 13.8. The fourth-order valence-corrected chi connectivity index (χ4v) is 4.02. The number of rotatable bonds is 4. The Labute approximate surface area is 127 Å². The van der Waals surface area contributed by atoms with Crippen LogP contribution in [0.2, 0.25) is 0 Å². The lowest BCUT2D eigenvalue weighted by Crippen LogP contribution is -2.18. The van der Waals surface area contributed by atoms with Crippen LogP contribution in [0.1, 0.15) is 32.8 Å². The normalized spacial score (nSPS) is 13.0. The number of hydrogen-bond acceptors (Lipinski definition) is 3. The predicted molar refractivity (Wildman–Crippen MR) is 83.6 cm³/mol. The van der Waals surface area contributed by atoms with Crippen LogP contribution >= 0.6 is 11.3 Å². The van der Waals surface area contributed by atoms with Crippen molar-refractivity contribution >= 4 is 28.2 Å². The molecule has 0 bridgehead atoms. The van der Waals surface area contributed by atoms with Crippen LogP contribution < -0.4 is 11.1 Å². The van der Waals surface area contributed by atoms with Crippen LogP contribution in [0.3, 0.4) is 0 Å². The molecule has 0 spiro atoms. The number of hydrogen-bond donors (Lipinski definition) is 2. The molecule has 1 aromatic carbocycles. The van der Waals surface area contributed by atoms with Crippen molar-refractivity contribution < 1.29 is 9.59 Å². The van der Waals surface area contributed by atoms with Crippen molar-refractivity contribution in [3.05, 3.63) is 51.9 Å². The molecule has 0 saturated carbocycles. The fraction of sp³-hybridized carbons (Fsp3) is 0.250. The lowest BCUT2D eigenvalue weighted by molar-refractivity contribution is -0.115. The van der Waals surface area contributed by atoms with Crippen molar-refractivity contribution in [1.29, 1.82) is 0 Å². The largest absolute Gasteiger partial charge is 0.365 e. The van der Waals surface area contributed by atoms with Gasteiger partial charge in [0.2, 0.25) is 5.91 Å². The smallest absolute Gasteiger partial charge is 0.251 e. The SMILES string of the molecule is NC(=O)c1c(NC(=O)Cc2ccccc2)sc2c1CCC2. The molecular formula is C16H16N2O2S. The van der Waals surface area contributed by atoms with Crippen LogP contribution in [0.4, 0.5) is 5.00 Å². The molecule has 1 heterocycles. The molecule has 1 aromatic heterocycles. The Morgan fingerprint density at radius 2 is 1.95 bits per heavy atom. The number of nitrogens with one attached hydrogen (secondary N) is 1. The molecule has 0 unspecified atom stereocenters. The maximum atomic E-state index is 12.1. The zero-order valence-corrected chi connectivity index (χ0v) is 12.3. The van der Waals surface area contributed by atoms with E-state index < -0.39 is 5.91 Å². The highest BCUT2D eigenvalue weighted by Gasteiger charge is 2.25. The van der Waals surface area contributed by atoms with Crippen LogP contribution in [-0.2, 0) is 24.1 Å². The van der Waals surface area contributed by atoms with Gasteiger partial charge in [0, 0.05) is 4.88 Å². The first-order chi connectivity index (χ1) is 10.1. The summed E-state index contributed by atoms with van der Waals surface area (Å²) in [5.74, 6) is -0.576. The van der Waals surface area contributed by atoms with E-state index in [1.807, 2.05) is 30.3 Å². The Morgan fingerprint density at radius 1 is 1.19 bits per heavy atom. The number of primary amides is 1. The lowest BCUT2D eigenvalue weighted by Gasteiger charge is -2.06. The first-order valence-electron chi connectivity index (χ1n) is 6.93.